The molecule has 0 radical (unpaired) electrons. The summed E-state index contributed by atoms with van der Waals surface area (Å²) in [7, 11) is 1.59. The molecule has 0 aromatic heterocycles. The number of aliphatic hydroxyl groups is 2. The Morgan fingerprint density at radius 3 is 2.10 bits per heavy atom. The van der Waals surface area contributed by atoms with Crippen LogP contribution in [-0.4, -0.2) is 52.1 Å². The highest BCUT2D eigenvalue weighted by Crippen LogP contribution is 2.25. The van der Waals surface area contributed by atoms with E-state index in [1.54, 1.807) is 7.05 Å². The largest absolute Gasteiger partial charge is 0.382 e. The highest BCUT2D eigenvalue weighted by molar-refractivity contribution is 5.90. The third-order valence-electron chi connectivity index (χ3n) is 3.89. The Bertz CT molecular complexity index is 503. The second-order valence-corrected chi connectivity index (χ2v) is 5.28. The van der Waals surface area contributed by atoms with Crippen LogP contribution in [0.1, 0.15) is 18.1 Å². The average Bonchev–Trinajstić information content (AvgIpc) is 2.87. The summed E-state index contributed by atoms with van der Waals surface area (Å²) in [6.45, 7) is 1.15. The van der Waals surface area contributed by atoms with Crippen LogP contribution in [0, 0.1) is 0 Å². The normalized spacial score (nSPS) is 17.4. The fourth-order valence-electron chi connectivity index (χ4n) is 2.56. The van der Waals surface area contributed by atoms with Crippen LogP contribution < -0.4 is 0 Å². The van der Waals surface area contributed by atoms with E-state index in [4.69, 9.17) is 0 Å². The molecule has 0 saturated heterocycles. The SMILES string of the molecule is CC(=O)C(O)C(O)C(=O)N(C)C1Cc2ccccc2C1. The predicted molar refractivity (Wildman–Crippen MR) is 73.1 cm³/mol. The molecule has 2 unspecified atom stereocenters. The third-order valence-corrected chi connectivity index (χ3v) is 3.89. The Kier molecular flexibility index (Phi) is 4.20. The van der Waals surface area contributed by atoms with Gasteiger partial charge in [0, 0.05) is 13.1 Å². The number of Topliss-reactive ketones (excluding diaryl/α,β-unsaturated/α-hetero) is 1. The molecule has 5 nitrogen and oxygen atoms in total. The number of aliphatic hydroxyl groups excluding tert-OH is 2. The molecule has 1 amide bonds. The molecule has 0 bridgehead atoms. The summed E-state index contributed by atoms with van der Waals surface area (Å²) >= 11 is 0. The maximum atomic E-state index is 12.1. The molecule has 1 aromatic rings. The van der Waals surface area contributed by atoms with Gasteiger partial charge < -0.3 is 15.1 Å². The fraction of sp³-hybridized carbons (Fsp3) is 0.467. The van der Waals surface area contributed by atoms with Crippen molar-refractivity contribution in [1.29, 1.82) is 0 Å². The number of carbonyl (C=O) groups excluding carboxylic acids is 2. The first kappa shape index (κ1) is 14.7. The Balaban J connectivity index is 2.04. The molecular weight excluding hydrogens is 258 g/mol. The van der Waals surface area contributed by atoms with Crippen LogP contribution in [0.4, 0.5) is 0 Å². The molecular formula is C15H19NO4. The molecule has 0 aliphatic heterocycles. The molecule has 1 aromatic carbocycles. The monoisotopic (exact) mass is 277 g/mol. The van der Waals surface area contributed by atoms with Crippen molar-refractivity contribution in [2.75, 3.05) is 7.05 Å². The lowest BCUT2D eigenvalue weighted by molar-refractivity contribution is -0.152. The molecule has 2 N–H and O–H groups in total. The molecule has 2 rings (SSSR count). The lowest BCUT2D eigenvalue weighted by Crippen LogP contribution is -2.49. The first-order chi connectivity index (χ1) is 9.41. The van der Waals surface area contributed by atoms with E-state index in [1.165, 1.54) is 16.0 Å². The molecule has 0 saturated carbocycles. The maximum Gasteiger partial charge on any atom is 0.254 e. The zero-order chi connectivity index (χ0) is 14.9. The van der Waals surface area contributed by atoms with Gasteiger partial charge in [0.15, 0.2) is 11.9 Å². The smallest absolute Gasteiger partial charge is 0.254 e. The van der Waals surface area contributed by atoms with Crippen molar-refractivity contribution in [3.63, 3.8) is 0 Å². The number of ketones is 1. The Hall–Kier alpha value is -1.72. The average molecular weight is 277 g/mol. The second-order valence-electron chi connectivity index (χ2n) is 5.28. The van der Waals surface area contributed by atoms with Gasteiger partial charge in [-0.3, -0.25) is 9.59 Å². The summed E-state index contributed by atoms with van der Waals surface area (Å²) in [5, 5.41) is 19.2. The fourth-order valence-corrected chi connectivity index (χ4v) is 2.56. The summed E-state index contributed by atoms with van der Waals surface area (Å²) in [6.07, 6.45) is -1.90. The lowest BCUT2D eigenvalue weighted by atomic mass is 10.1. The van der Waals surface area contributed by atoms with Gasteiger partial charge in [0.2, 0.25) is 0 Å². The number of hydrogen-bond acceptors (Lipinski definition) is 4. The summed E-state index contributed by atoms with van der Waals surface area (Å²) < 4.78 is 0. The number of benzene rings is 1. The highest BCUT2D eigenvalue weighted by Gasteiger charge is 2.34. The standard InChI is InChI=1S/C15H19NO4/c1-9(17)13(18)14(19)15(20)16(2)12-7-10-5-3-4-6-11(10)8-12/h3-6,12-14,18-19H,7-8H2,1-2H3. The zero-order valence-electron chi connectivity index (χ0n) is 11.6. The van der Waals surface area contributed by atoms with Crippen molar-refractivity contribution in [2.45, 2.75) is 38.0 Å². The molecule has 108 valence electrons. The second kappa shape index (κ2) is 5.73. The van der Waals surface area contributed by atoms with Crippen LogP contribution in [0.25, 0.3) is 0 Å². The highest BCUT2D eigenvalue weighted by atomic mass is 16.3. The van der Waals surface area contributed by atoms with E-state index in [-0.39, 0.29) is 6.04 Å². The number of carbonyl (C=O) groups is 2. The zero-order valence-corrected chi connectivity index (χ0v) is 11.6. The number of nitrogens with zero attached hydrogens (tertiary/aromatic N) is 1. The first-order valence-electron chi connectivity index (χ1n) is 6.62. The maximum absolute atomic E-state index is 12.1. The Morgan fingerprint density at radius 1 is 1.15 bits per heavy atom. The molecule has 0 fully saturated rings. The van der Waals surface area contributed by atoms with Gasteiger partial charge >= 0.3 is 0 Å². The van der Waals surface area contributed by atoms with Gasteiger partial charge in [-0.15, -0.1) is 0 Å². The van der Waals surface area contributed by atoms with Crippen LogP contribution in [0.15, 0.2) is 24.3 Å². The first-order valence-corrected chi connectivity index (χ1v) is 6.62. The number of rotatable bonds is 4. The molecule has 5 heteroatoms. The van der Waals surface area contributed by atoms with E-state index in [9.17, 15) is 19.8 Å². The van der Waals surface area contributed by atoms with E-state index in [0.717, 1.165) is 19.8 Å². The van der Waals surface area contributed by atoms with Gasteiger partial charge in [0.05, 0.1) is 0 Å². The van der Waals surface area contributed by atoms with Crippen LogP contribution >= 0.6 is 0 Å². The van der Waals surface area contributed by atoms with Crippen molar-refractivity contribution >= 4 is 11.7 Å². The van der Waals surface area contributed by atoms with Gasteiger partial charge in [-0.25, -0.2) is 0 Å². The minimum absolute atomic E-state index is 0.0475. The Morgan fingerprint density at radius 2 is 1.65 bits per heavy atom. The van der Waals surface area contributed by atoms with Crippen LogP contribution in [-0.2, 0) is 22.4 Å². The van der Waals surface area contributed by atoms with Gasteiger partial charge in [-0.1, -0.05) is 24.3 Å². The van der Waals surface area contributed by atoms with Crippen molar-refractivity contribution < 1.29 is 19.8 Å². The van der Waals surface area contributed by atoms with E-state index in [1.807, 2.05) is 24.3 Å². The molecule has 0 spiro atoms. The van der Waals surface area contributed by atoms with Gasteiger partial charge in [-0.2, -0.15) is 0 Å². The number of amides is 1. The molecule has 0 heterocycles. The van der Waals surface area contributed by atoms with E-state index in [2.05, 4.69) is 0 Å². The van der Waals surface area contributed by atoms with Gasteiger partial charge in [-0.05, 0) is 30.9 Å². The molecule has 2 atom stereocenters. The van der Waals surface area contributed by atoms with Crippen LogP contribution in [0.2, 0.25) is 0 Å². The topological polar surface area (TPSA) is 77.8 Å². The summed E-state index contributed by atoms with van der Waals surface area (Å²) in [5.74, 6) is -1.24. The summed E-state index contributed by atoms with van der Waals surface area (Å²) in [6, 6.07) is 7.91. The molecule has 1 aliphatic carbocycles. The lowest BCUT2D eigenvalue weighted by Gasteiger charge is -2.27. The minimum Gasteiger partial charge on any atom is -0.382 e. The summed E-state index contributed by atoms with van der Waals surface area (Å²) in [4.78, 5) is 24.5. The van der Waals surface area contributed by atoms with E-state index in [0.29, 0.717) is 0 Å². The van der Waals surface area contributed by atoms with Crippen molar-refractivity contribution in [2.24, 2.45) is 0 Å². The van der Waals surface area contributed by atoms with Crippen molar-refractivity contribution in [3.8, 4) is 0 Å². The minimum atomic E-state index is -1.69. The summed E-state index contributed by atoms with van der Waals surface area (Å²) in [5.41, 5.74) is 2.39. The quantitative estimate of drug-likeness (QED) is 0.807. The molecule has 1 aliphatic rings. The molecule has 20 heavy (non-hydrogen) atoms. The van der Waals surface area contributed by atoms with Gasteiger partial charge in [0.25, 0.3) is 5.91 Å². The van der Waals surface area contributed by atoms with Gasteiger partial charge in [0.1, 0.15) is 6.10 Å². The van der Waals surface area contributed by atoms with Crippen molar-refractivity contribution in [1.82, 2.24) is 4.90 Å². The van der Waals surface area contributed by atoms with E-state index >= 15 is 0 Å². The van der Waals surface area contributed by atoms with Crippen LogP contribution in [0.5, 0.6) is 0 Å². The van der Waals surface area contributed by atoms with Crippen LogP contribution in [0.3, 0.4) is 0 Å². The Labute approximate surface area is 117 Å². The predicted octanol–water partition coefficient (Wildman–Crippen LogP) is -0.0770. The van der Waals surface area contributed by atoms with E-state index < -0.39 is 23.9 Å². The number of likely N-dealkylation sites (N-methyl/N-ethyl adjacent to an activating group) is 1. The van der Waals surface area contributed by atoms with Crippen molar-refractivity contribution in [3.05, 3.63) is 35.4 Å². The third kappa shape index (κ3) is 2.73. The number of fused-ring (bicyclic) bond motifs is 1. The number of hydrogen-bond donors (Lipinski definition) is 2.